The van der Waals surface area contributed by atoms with Crippen molar-refractivity contribution in [1.29, 1.82) is 0 Å². The Morgan fingerprint density at radius 1 is 0.722 bits per heavy atom. The molecule has 0 aromatic heterocycles. The lowest BCUT2D eigenvalue weighted by molar-refractivity contribution is 0.438. The fourth-order valence-corrected chi connectivity index (χ4v) is 2.28. The first-order chi connectivity index (χ1) is 8.45. The Morgan fingerprint density at radius 3 is 1.72 bits per heavy atom. The molecule has 2 aromatic carbocycles. The molecule has 0 radical (unpaired) electrons. The topological polar surface area (TPSA) is 60.7 Å². The van der Waals surface area contributed by atoms with Crippen LogP contribution in [0.1, 0.15) is 16.7 Å². The second-order valence-corrected chi connectivity index (χ2v) is 4.46. The molecule has 0 heterocycles. The lowest BCUT2D eigenvalue weighted by Gasteiger charge is -2.17. The van der Waals surface area contributed by atoms with Crippen molar-refractivity contribution in [3.05, 3.63) is 41.0 Å². The standard InChI is InChI=1S/C15H16O3/c1-8-13(11-6-4-5-7-12(11)16)9(2)15(18)10(3)14(8)17/h4-7,16-18H,1-3H3. The molecule has 0 aliphatic rings. The molecule has 3 nitrogen and oxygen atoms in total. The minimum absolute atomic E-state index is 0.0661. The van der Waals surface area contributed by atoms with Gasteiger partial charge < -0.3 is 15.3 Å². The van der Waals surface area contributed by atoms with Gasteiger partial charge in [-0.25, -0.2) is 0 Å². The van der Waals surface area contributed by atoms with Gasteiger partial charge in [-0.1, -0.05) is 18.2 Å². The van der Waals surface area contributed by atoms with Crippen LogP contribution in [0.15, 0.2) is 24.3 Å². The predicted molar refractivity (Wildman–Crippen MR) is 71.1 cm³/mol. The zero-order chi connectivity index (χ0) is 13.4. The second-order valence-electron chi connectivity index (χ2n) is 4.46. The van der Waals surface area contributed by atoms with Crippen LogP contribution in [0.4, 0.5) is 0 Å². The summed E-state index contributed by atoms with van der Waals surface area (Å²) in [6.07, 6.45) is 0. The minimum Gasteiger partial charge on any atom is -0.507 e. The number of benzene rings is 2. The maximum atomic E-state index is 10.0. The minimum atomic E-state index is 0.0661. The molecule has 3 heteroatoms. The molecule has 0 saturated heterocycles. The second kappa shape index (κ2) is 4.26. The molecular weight excluding hydrogens is 228 g/mol. The van der Waals surface area contributed by atoms with Gasteiger partial charge in [-0.15, -0.1) is 0 Å². The van der Waals surface area contributed by atoms with Crippen molar-refractivity contribution in [1.82, 2.24) is 0 Å². The number of hydrogen-bond donors (Lipinski definition) is 3. The number of rotatable bonds is 1. The monoisotopic (exact) mass is 244 g/mol. The molecule has 3 N–H and O–H groups in total. The third-order valence-corrected chi connectivity index (χ3v) is 3.34. The Hall–Kier alpha value is -2.16. The van der Waals surface area contributed by atoms with E-state index in [4.69, 9.17) is 0 Å². The van der Waals surface area contributed by atoms with Gasteiger partial charge in [0, 0.05) is 11.1 Å². The summed E-state index contributed by atoms with van der Waals surface area (Å²) in [5.74, 6) is 0.263. The van der Waals surface area contributed by atoms with Gasteiger partial charge >= 0.3 is 0 Å². The Kier molecular flexibility index (Phi) is 2.91. The van der Waals surface area contributed by atoms with E-state index in [0.29, 0.717) is 27.8 Å². The molecule has 0 fully saturated rings. The van der Waals surface area contributed by atoms with Crippen LogP contribution >= 0.6 is 0 Å². The SMILES string of the molecule is Cc1c(O)c(C)c(-c2ccccc2O)c(C)c1O. The summed E-state index contributed by atoms with van der Waals surface area (Å²) in [5.41, 5.74) is 3.06. The normalized spacial score (nSPS) is 10.6. The first-order valence-corrected chi connectivity index (χ1v) is 5.75. The van der Waals surface area contributed by atoms with Crippen LogP contribution in [0.2, 0.25) is 0 Å². The van der Waals surface area contributed by atoms with Gasteiger partial charge in [0.25, 0.3) is 0 Å². The Bertz CT molecular complexity index is 586. The van der Waals surface area contributed by atoms with Crippen molar-refractivity contribution >= 4 is 0 Å². The lowest BCUT2D eigenvalue weighted by atomic mass is 9.91. The molecule has 0 saturated carbocycles. The summed E-state index contributed by atoms with van der Waals surface area (Å²) >= 11 is 0. The Labute approximate surface area is 106 Å². The smallest absolute Gasteiger partial charge is 0.125 e. The molecule has 0 aliphatic carbocycles. The van der Waals surface area contributed by atoms with E-state index in [1.54, 1.807) is 39.0 Å². The molecular formula is C15H16O3. The maximum absolute atomic E-state index is 10.0. The summed E-state index contributed by atoms with van der Waals surface area (Å²) in [5, 5.41) is 29.9. The van der Waals surface area contributed by atoms with Gasteiger partial charge in [0.2, 0.25) is 0 Å². The van der Waals surface area contributed by atoms with E-state index in [9.17, 15) is 15.3 Å². The first kappa shape index (κ1) is 12.3. The third-order valence-electron chi connectivity index (χ3n) is 3.34. The van der Waals surface area contributed by atoms with E-state index in [1.807, 2.05) is 6.07 Å². The van der Waals surface area contributed by atoms with Crippen LogP contribution in [0.25, 0.3) is 11.1 Å². The average molecular weight is 244 g/mol. The van der Waals surface area contributed by atoms with Crippen molar-refractivity contribution in [3.8, 4) is 28.4 Å². The number of phenolic OH excluding ortho intramolecular Hbond substituents is 3. The average Bonchev–Trinajstić information content (AvgIpc) is 2.36. The highest BCUT2D eigenvalue weighted by Crippen LogP contribution is 2.43. The van der Waals surface area contributed by atoms with Gasteiger partial charge in [0.1, 0.15) is 17.2 Å². The van der Waals surface area contributed by atoms with Gasteiger partial charge in [-0.05, 0) is 43.5 Å². The molecule has 2 aromatic rings. The van der Waals surface area contributed by atoms with Crippen LogP contribution in [0.5, 0.6) is 17.2 Å². The van der Waals surface area contributed by atoms with E-state index >= 15 is 0 Å². The molecule has 0 amide bonds. The summed E-state index contributed by atoms with van der Waals surface area (Å²) in [4.78, 5) is 0. The van der Waals surface area contributed by atoms with Crippen molar-refractivity contribution in [3.63, 3.8) is 0 Å². The molecule has 18 heavy (non-hydrogen) atoms. The Balaban J connectivity index is 2.85. The lowest BCUT2D eigenvalue weighted by Crippen LogP contribution is -1.93. The summed E-state index contributed by atoms with van der Waals surface area (Å²) < 4.78 is 0. The predicted octanol–water partition coefficient (Wildman–Crippen LogP) is 3.40. The van der Waals surface area contributed by atoms with Gasteiger partial charge in [-0.2, -0.15) is 0 Å². The molecule has 0 unspecified atom stereocenters. The fraction of sp³-hybridized carbons (Fsp3) is 0.200. The van der Waals surface area contributed by atoms with E-state index in [1.165, 1.54) is 0 Å². The summed E-state index contributed by atoms with van der Waals surface area (Å²) in [7, 11) is 0. The van der Waals surface area contributed by atoms with Crippen molar-refractivity contribution in [2.75, 3.05) is 0 Å². The maximum Gasteiger partial charge on any atom is 0.125 e. The van der Waals surface area contributed by atoms with Crippen LogP contribution in [0, 0.1) is 20.8 Å². The summed E-state index contributed by atoms with van der Waals surface area (Å²) in [6, 6.07) is 6.89. The number of phenols is 3. The van der Waals surface area contributed by atoms with E-state index < -0.39 is 0 Å². The number of aromatic hydroxyl groups is 3. The first-order valence-electron chi connectivity index (χ1n) is 5.75. The van der Waals surface area contributed by atoms with Crippen LogP contribution in [-0.2, 0) is 0 Å². The number of hydrogen-bond acceptors (Lipinski definition) is 3. The van der Waals surface area contributed by atoms with E-state index in [2.05, 4.69) is 0 Å². The largest absolute Gasteiger partial charge is 0.507 e. The quantitative estimate of drug-likeness (QED) is 0.720. The highest BCUT2D eigenvalue weighted by molar-refractivity contribution is 5.80. The third kappa shape index (κ3) is 1.68. The van der Waals surface area contributed by atoms with Crippen LogP contribution < -0.4 is 0 Å². The molecule has 0 atom stereocenters. The molecule has 94 valence electrons. The zero-order valence-corrected chi connectivity index (χ0v) is 10.7. The summed E-state index contributed by atoms with van der Waals surface area (Å²) in [6.45, 7) is 5.21. The fourth-order valence-electron chi connectivity index (χ4n) is 2.28. The van der Waals surface area contributed by atoms with Crippen LogP contribution in [0.3, 0.4) is 0 Å². The molecule has 0 spiro atoms. The zero-order valence-electron chi connectivity index (χ0n) is 10.7. The molecule has 0 aliphatic heterocycles. The number of para-hydroxylation sites is 1. The highest BCUT2D eigenvalue weighted by Gasteiger charge is 2.18. The van der Waals surface area contributed by atoms with Crippen molar-refractivity contribution in [2.24, 2.45) is 0 Å². The highest BCUT2D eigenvalue weighted by atomic mass is 16.3. The van der Waals surface area contributed by atoms with Crippen molar-refractivity contribution in [2.45, 2.75) is 20.8 Å². The van der Waals surface area contributed by atoms with E-state index in [-0.39, 0.29) is 17.2 Å². The molecule has 0 bridgehead atoms. The van der Waals surface area contributed by atoms with E-state index in [0.717, 1.165) is 0 Å². The van der Waals surface area contributed by atoms with Gasteiger partial charge in [0.05, 0.1) is 0 Å². The van der Waals surface area contributed by atoms with Gasteiger partial charge in [0.15, 0.2) is 0 Å². The van der Waals surface area contributed by atoms with Crippen LogP contribution in [-0.4, -0.2) is 15.3 Å². The molecule has 2 rings (SSSR count). The Morgan fingerprint density at radius 2 is 1.22 bits per heavy atom. The van der Waals surface area contributed by atoms with Gasteiger partial charge in [-0.3, -0.25) is 0 Å². The van der Waals surface area contributed by atoms with Crippen molar-refractivity contribution < 1.29 is 15.3 Å².